The van der Waals surface area contributed by atoms with E-state index in [1.807, 2.05) is 0 Å². The third-order valence-corrected chi connectivity index (χ3v) is 0.536. The second kappa shape index (κ2) is 12.2. The summed E-state index contributed by atoms with van der Waals surface area (Å²) in [4.78, 5) is 9.64. The molecule has 2 N–H and O–H groups in total. The molecule has 0 aromatic rings. The molecule has 0 aliphatic rings. The molecule has 0 aliphatic heterocycles. The van der Waals surface area contributed by atoms with Crippen LogP contribution >= 0.6 is 0 Å². The Kier molecular flexibility index (Phi) is 20.7. The molecule has 0 saturated heterocycles. The zero-order valence-electron chi connectivity index (χ0n) is 6.13. The summed E-state index contributed by atoms with van der Waals surface area (Å²) in [6.07, 6.45) is 5.74. The van der Waals surface area contributed by atoms with Crippen LogP contribution < -0.4 is 56.5 Å². The minimum atomic E-state index is -1.16. The van der Waals surface area contributed by atoms with Gasteiger partial charge in [-0.1, -0.05) is 18.2 Å². The molecule has 0 heterocycles. The summed E-state index contributed by atoms with van der Waals surface area (Å²) < 4.78 is 0. The summed E-state index contributed by atoms with van der Waals surface area (Å²) in [5.41, 5.74) is 0. The van der Waals surface area contributed by atoms with E-state index in [-0.39, 0.29) is 56.9 Å². The van der Waals surface area contributed by atoms with Crippen LogP contribution in [0.2, 0.25) is 0 Å². The van der Waals surface area contributed by atoms with E-state index in [1.165, 1.54) is 6.08 Å². The standard InChI is InChI=1S/C6H8O2.K.H2O/c1-2-3-4-5-6(7)8;;/h2-5H,1H3,(H,7,8);;1H2/q;+1;/p-1. The molecule has 52 valence electrons. The molecule has 0 aromatic carbocycles. The van der Waals surface area contributed by atoms with E-state index < -0.39 is 5.97 Å². The maximum atomic E-state index is 9.64. The smallest absolute Gasteiger partial charge is 0.545 e. The van der Waals surface area contributed by atoms with Gasteiger partial charge in [-0.25, -0.2) is 0 Å². The molecule has 0 unspecified atom stereocenters. The van der Waals surface area contributed by atoms with Crippen molar-refractivity contribution >= 4 is 5.97 Å². The SMILES string of the molecule is CC=CC=CC(=O)[O-].O.[K+]. The van der Waals surface area contributed by atoms with Gasteiger partial charge in [0.2, 0.25) is 0 Å². The van der Waals surface area contributed by atoms with Crippen molar-refractivity contribution in [1.82, 2.24) is 0 Å². The first kappa shape index (κ1) is 16.9. The molecule has 0 aliphatic carbocycles. The average molecular weight is 168 g/mol. The number of hydrogen-bond acceptors (Lipinski definition) is 2. The molecule has 0 spiro atoms. The Balaban J connectivity index is -0.000000245. The fourth-order valence-electron chi connectivity index (χ4n) is 0.245. The summed E-state index contributed by atoms with van der Waals surface area (Å²) in [6, 6.07) is 0. The molecule has 0 amide bonds. The largest absolute Gasteiger partial charge is 1.00 e. The van der Waals surface area contributed by atoms with Gasteiger partial charge in [0, 0.05) is 0 Å². The maximum absolute atomic E-state index is 9.64. The number of allylic oxidation sites excluding steroid dienone is 3. The predicted octanol–water partition coefficient (Wildman–Crippen LogP) is -3.95. The predicted molar refractivity (Wildman–Crippen MR) is 32.6 cm³/mol. The van der Waals surface area contributed by atoms with Crippen LogP contribution in [0.15, 0.2) is 24.3 Å². The zero-order chi connectivity index (χ0) is 6.41. The molecule has 4 heteroatoms. The molecule has 0 bridgehead atoms. The van der Waals surface area contributed by atoms with Crippen molar-refractivity contribution in [3.8, 4) is 0 Å². The van der Waals surface area contributed by atoms with Crippen LogP contribution in [0.1, 0.15) is 6.92 Å². The Morgan fingerprint density at radius 3 is 2.20 bits per heavy atom. The molecule has 0 rings (SSSR count). The molecular formula is C6H9KO3. The normalized spacial score (nSPS) is 8.90. The molecule has 0 atom stereocenters. The van der Waals surface area contributed by atoms with Crippen molar-refractivity contribution in [2.75, 3.05) is 0 Å². The molecule has 3 nitrogen and oxygen atoms in total. The third kappa shape index (κ3) is 15.8. The van der Waals surface area contributed by atoms with E-state index in [0.717, 1.165) is 6.08 Å². The van der Waals surface area contributed by atoms with Gasteiger partial charge in [-0.2, -0.15) is 0 Å². The number of carboxylic acid groups (broad SMARTS) is 1. The molecule has 0 radical (unpaired) electrons. The van der Waals surface area contributed by atoms with Gasteiger partial charge >= 0.3 is 51.4 Å². The van der Waals surface area contributed by atoms with E-state index in [2.05, 4.69) is 0 Å². The van der Waals surface area contributed by atoms with Gasteiger partial charge in [0.15, 0.2) is 0 Å². The number of carboxylic acids is 1. The van der Waals surface area contributed by atoms with Crippen molar-refractivity contribution < 1.29 is 66.8 Å². The number of hydrogen-bond donors (Lipinski definition) is 0. The van der Waals surface area contributed by atoms with Crippen molar-refractivity contribution in [3.05, 3.63) is 24.3 Å². The minimum absolute atomic E-state index is 0. The van der Waals surface area contributed by atoms with Crippen molar-refractivity contribution in [2.45, 2.75) is 6.92 Å². The van der Waals surface area contributed by atoms with Crippen LogP contribution in [0.25, 0.3) is 0 Å². The Bertz CT molecular complexity index is 129. The number of carbonyl (C=O) groups is 1. The quantitative estimate of drug-likeness (QED) is 0.240. The van der Waals surface area contributed by atoms with Crippen LogP contribution in [0, 0.1) is 0 Å². The van der Waals surface area contributed by atoms with Gasteiger partial charge in [0.1, 0.15) is 0 Å². The van der Waals surface area contributed by atoms with Gasteiger partial charge in [-0.15, -0.1) is 0 Å². The Hall–Kier alpha value is 0.546. The molecule has 10 heavy (non-hydrogen) atoms. The summed E-state index contributed by atoms with van der Waals surface area (Å²) in [5.74, 6) is -1.16. The van der Waals surface area contributed by atoms with Gasteiger partial charge < -0.3 is 15.4 Å². The van der Waals surface area contributed by atoms with Crippen molar-refractivity contribution in [2.24, 2.45) is 0 Å². The van der Waals surface area contributed by atoms with E-state index >= 15 is 0 Å². The van der Waals surface area contributed by atoms with Crippen molar-refractivity contribution in [3.63, 3.8) is 0 Å². The van der Waals surface area contributed by atoms with Crippen LogP contribution in [0.3, 0.4) is 0 Å². The Morgan fingerprint density at radius 2 is 1.90 bits per heavy atom. The number of aliphatic carboxylic acids is 1. The molecule has 0 saturated carbocycles. The summed E-state index contributed by atoms with van der Waals surface area (Å²) in [7, 11) is 0. The maximum Gasteiger partial charge on any atom is 1.00 e. The van der Waals surface area contributed by atoms with Crippen LogP contribution in [0.4, 0.5) is 0 Å². The third-order valence-electron chi connectivity index (χ3n) is 0.536. The first-order chi connectivity index (χ1) is 3.77. The van der Waals surface area contributed by atoms with Crippen LogP contribution in [-0.4, -0.2) is 11.4 Å². The summed E-state index contributed by atoms with van der Waals surface area (Å²) in [6.45, 7) is 1.81. The minimum Gasteiger partial charge on any atom is -0.545 e. The number of rotatable bonds is 2. The van der Waals surface area contributed by atoms with E-state index in [0.29, 0.717) is 0 Å². The van der Waals surface area contributed by atoms with Gasteiger partial charge in [-0.05, 0) is 13.0 Å². The van der Waals surface area contributed by atoms with Gasteiger partial charge in [0.05, 0.1) is 5.97 Å². The fraction of sp³-hybridized carbons (Fsp3) is 0.167. The number of carbonyl (C=O) groups excluding carboxylic acids is 1. The Morgan fingerprint density at radius 1 is 1.40 bits per heavy atom. The monoisotopic (exact) mass is 168 g/mol. The second-order valence-corrected chi connectivity index (χ2v) is 1.20. The topological polar surface area (TPSA) is 71.6 Å². The van der Waals surface area contributed by atoms with E-state index in [4.69, 9.17) is 0 Å². The zero-order valence-corrected chi connectivity index (χ0v) is 9.25. The fourth-order valence-corrected chi connectivity index (χ4v) is 0.245. The van der Waals surface area contributed by atoms with Gasteiger partial charge in [-0.3, -0.25) is 0 Å². The van der Waals surface area contributed by atoms with Crippen molar-refractivity contribution in [1.29, 1.82) is 0 Å². The molecular weight excluding hydrogens is 159 g/mol. The van der Waals surface area contributed by atoms with Crippen LogP contribution in [-0.2, 0) is 4.79 Å². The summed E-state index contributed by atoms with van der Waals surface area (Å²) >= 11 is 0. The molecule has 0 fully saturated rings. The van der Waals surface area contributed by atoms with E-state index in [1.54, 1.807) is 19.1 Å². The first-order valence-corrected chi connectivity index (χ1v) is 2.27. The average Bonchev–Trinajstić information content (AvgIpc) is 1.66. The van der Waals surface area contributed by atoms with Gasteiger partial charge in [0.25, 0.3) is 0 Å². The summed E-state index contributed by atoms with van der Waals surface area (Å²) in [5, 5.41) is 9.64. The Labute approximate surface area is 103 Å². The molecule has 0 aromatic heterocycles. The second-order valence-electron chi connectivity index (χ2n) is 1.20. The first-order valence-electron chi connectivity index (χ1n) is 2.27. The van der Waals surface area contributed by atoms with Crippen LogP contribution in [0.5, 0.6) is 0 Å². The van der Waals surface area contributed by atoms with E-state index in [9.17, 15) is 9.90 Å².